The maximum Gasteiger partial charge on any atom is 0.188 e. The molecule has 0 unspecified atom stereocenters. The van der Waals surface area contributed by atoms with Gasteiger partial charge in [0.1, 0.15) is 6.10 Å². The van der Waals surface area contributed by atoms with Crippen molar-refractivity contribution in [2.24, 2.45) is 5.92 Å². The number of hydrogen-bond donors (Lipinski definition) is 0. The van der Waals surface area contributed by atoms with Crippen molar-refractivity contribution in [1.82, 2.24) is 4.90 Å². The fourth-order valence-corrected chi connectivity index (χ4v) is 5.88. The van der Waals surface area contributed by atoms with E-state index in [9.17, 15) is 0 Å². The molecule has 5 rings (SSSR count). The smallest absolute Gasteiger partial charge is 0.188 e. The highest BCUT2D eigenvalue weighted by atomic mass is 16.7. The molecule has 1 saturated heterocycles. The molecule has 0 amide bonds. The van der Waals surface area contributed by atoms with Gasteiger partial charge in [-0.05, 0) is 62.4 Å². The molecule has 1 aromatic carbocycles. The van der Waals surface area contributed by atoms with E-state index in [0.717, 1.165) is 37.3 Å². The number of piperidine rings is 1. The summed E-state index contributed by atoms with van der Waals surface area (Å²) in [6, 6.07) is 4.93. The fourth-order valence-electron chi connectivity index (χ4n) is 5.88. The fraction of sp³-hybridized carbons (Fsp3) is 0.600. The van der Waals surface area contributed by atoms with Gasteiger partial charge in [-0.15, -0.1) is 0 Å². The summed E-state index contributed by atoms with van der Waals surface area (Å²) in [5, 5.41) is 0. The summed E-state index contributed by atoms with van der Waals surface area (Å²) >= 11 is 0. The van der Waals surface area contributed by atoms with Crippen LogP contribution in [0.5, 0.6) is 11.5 Å². The third-order valence-corrected chi connectivity index (χ3v) is 6.86. The molecule has 2 aliphatic heterocycles. The standard InChI is InChI=1S/C20H25NO3/c1-12-4-6-14-15-10-13-5-7-16(23-11-22-3)18-17(13)20(14,19(12)24-18)8-9-21(15)2/h5,7,14-15,19H,1,4,6,8-11H2,2-3H3/t14-,15+,19-,20-/m0/s1. The van der Waals surface area contributed by atoms with Crippen LogP contribution in [0.1, 0.15) is 30.4 Å². The minimum atomic E-state index is 0.113. The lowest BCUT2D eigenvalue weighted by atomic mass is 9.51. The molecular formula is C20H25NO3. The molecule has 4 heteroatoms. The zero-order valence-electron chi connectivity index (χ0n) is 14.5. The van der Waals surface area contributed by atoms with Crippen LogP contribution < -0.4 is 9.47 Å². The molecule has 128 valence electrons. The summed E-state index contributed by atoms with van der Waals surface area (Å²) < 4.78 is 17.5. The number of ether oxygens (including phenoxy) is 3. The summed E-state index contributed by atoms with van der Waals surface area (Å²) in [6.07, 6.45) is 4.71. The van der Waals surface area contributed by atoms with E-state index >= 15 is 0 Å². The highest BCUT2D eigenvalue weighted by Crippen LogP contribution is 2.64. The predicted octanol–water partition coefficient (Wildman–Crippen LogP) is 2.89. The van der Waals surface area contributed by atoms with Crippen LogP contribution in [0, 0.1) is 5.92 Å². The van der Waals surface area contributed by atoms with Crippen molar-refractivity contribution in [2.75, 3.05) is 27.5 Å². The van der Waals surface area contributed by atoms with Crippen molar-refractivity contribution in [3.05, 3.63) is 35.4 Å². The first-order chi connectivity index (χ1) is 11.7. The van der Waals surface area contributed by atoms with Crippen LogP contribution in [0.3, 0.4) is 0 Å². The van der Waals surface area contributed by atoms with E-state index in [2.05, 4.69) is 30.7 Å². The van der Waals surface area contributed by atoms with Gasteiger partial charge in [0.05, 0.1) is 0 Å². The Kier molecular flexibility index (Phi) is 3.08. The number of likely N-dealkylation sites (tertiary alicyclic amines) is 1. The molecule has 24 heavy (non-hydrogen) atoms. The van der Waals surface area contributed by atoms with Crippen molar-refractivity contribution in [3.8, 4) is 11.5 Å². The van der Waals surface area contributed by atoms with E-state index in [4.69, 9.17) is 14.2 Å². The zero-order valence-corrected chi connectivity index (χ0v) is 14.5. The van der Waals surface area contributed by atoms with Gasteiger partial charge in [0.15, 0.2) is 18.3 Å². The van der Waals surface area contributed by atoms with Crippen LogP contribution in [0.25, 0.3) is 0 Å². The van der Waals surface area contributed by atoms with E-state index in [-0.39, 0.29) is 18.3 Å². The Labute approximate surface area is 143 Å². The Morgan fingerprint density at radius 1 is 1.42 bits per heavy atom. The molecule has 2 heterocycles. The van der Waals surface area contributed by atoms with Crippen molar-refractivity contribution in [2.45, 2.75) is 43.2 Å². The van der Waals surface area contributed by atoms with E-state index < -0.39 is 0 Å². The molecule has 2 aliphatic carbocycles. The summed E-state index contributed by atoms with van der Waals surface area (Å²) in [5.74, 6) is 2.45. The molecule has 2 fully saturated rings. The second-order valence-corrected chi connectivity index (χ2v) is 7.82. The van der Waals surface area contributed by atoms with Crippen LogP contribution in [0.2, 0.25) is 0 Å². The van der Waals surface area contributed by atoms with Gasteiger partial charge < -0.3 is 19.1 Å². The minimum Gasteiger partial charge on any atom is -0.481 e. The Morgan fingerprint density at radius 3 is 3.12 bits per heavy atom. The van der Waals surface area contributed by atoms with Crippen LogP contribution in [-0.4, -0.2) is 44.5 Å². The summed E-state index contributed by atoms with van der Waals surface area (Å²) in [6.45, 7) is 5.76. The molecule has 1 spiro atoms. The van der Waals surface area contributed by atoms with E-state index in [1.165, 1.54) is 23.1 Å². The van der Waals surface area contributed by atoms with Gasteiger partial charge in [0.2, 0.25) is 0 Å². The van der Waals surface area contributed by atoms with Gasteiger partial charge in [0.25, 0.3) is 0 Å². The maximum atomic E-state index is 6.56. The van der Waals surface area contributed by atoms with Gasteiger partial charge in [-0.1, -0.05) is 12.6 Å². The summed E-state index contributed by atoms with van der Waals surface area (Å²) in [7, 11) is 3.93. The average molecular weight is 327 g/mol. The molecule has 2 bridgehead atoms. The summed E-state index contributed by atoms with van der Waals surface area (Å²) in [5.41, 5.74) is 4.24. The molecule has 4 aliphatic rings. The third kappa shape index (κ3) is 1.66. The van der Waals surface area contributed by atoms with Gasteiger partial charge in [-0.2, -0.15) is 0 Å². The van der Waals surface area contributed by atoms with E-state index in [1.54, 1.807) is 7.11 Å². The first-order valence-electron chi connectivity index (χ1n) is 8.99. The van der Waals surface area contributed by atoms with Gasteiger partial charge >= 0.3 is 0 Å². The Morgan fingerprint density at radius 2 is 2.29 bits per heavy atom. The number of likely N-dealkylation sites (N-methyl/N-ethyl adjacent to an activating group) is 1. The largest absolute Gasteiger partial charge is 0.481 e. The average Bonchev–Trinajstić information content (AvgIpc) is 2.94. The van der Waals surface area contributed by atoms with Crippen molar-refractivity contribution >= 4 is 0 Å². The molecule has 4 atom stereocenters. The number of hydrogen-bond acceptors (Lipinski definition) is 4. The summed E-state index contributed by atoms with van der Waals surface area (Å²) in [4.78, 5) is 2.57. The highest BCUT2D eigenvalue weighted by molar-refractivity contribution is 5.62. The Bertz CT molecular complexity index is 715. The normalized spacial score (nSPS) is 36.2. The van der Waals surface area contributed by atoms with Crippen molar-refractivity contribution in [3.63, 3.8) is 0 Å². The Hall–Kier alpha value is -1.52. The maximum absolute atomic E-state index is 6.56. The second kappa shape index (κ2) is 4.99. The topological polar surface area (TPSA) is 30.9 Å². The minimum absolute atomic E-state index is 0.113. The molecule has 1 aromatic rings. The number of benzene rings is 1. The molecular weight excluding hydrogens is 302 g/mol. The number of rotatable bonds is 3. The van der Waals surface area contributed by atoms with E-state index in [1.807, 2.05) is 0 Å². The van der Waals surface area contributed by atoms with Crippen LogP contribution in [0.15, 0.2) is 24.3 Å². The van der Waals surface area contributed by atoms with Crippen LogP contribution in [0.4, 0.5) is 0 Å². The SMILES string of the molecule is C=C1CC[C@H]2[C@H]3Cc4ccc(OCOC)c5c4[C@@]2(CCN3C)[C@H]1O5. The van der Waals surface area contributed by atoms with Crippen LogP contribution >= 0.6 is 0 Å². The van der Waals surface area contributed by atoms with E-state index in [0.29, 0.717) is 12.0 Å². The molecule has 0 aromatic heterocycles. The zero-order chi connectivity index (χ0) is 16.5. The van der Waals surface area contributed by atoms with Gasteiger partial charge in [0, 0.05) is 24.1 Å². The first kappa shape index (κ1) is 14.8. The molecule has 0 radical (unpaired) electrons. The highest BCUT2D eigenvalue weighted by Gasteiger charge is 2.64. The van der Waals surface area contributed by atoms with Crippen LogP contribution in [-0.2, 0) is 16.6 Å². The lowest BCUT2D eigenvalue weighted by Crippen LogP contribution is -2.63. The van der Waals surface area contributed by atoms with Gasteiger partial charge in [-0.25, -0.2) is 0 Å². The quantitative estimate of drug-likeness (QED) is 0.631. The van der Waals surface area contributed by atoms with Crippen molar-refractivity contribution in [1.29, 1.82) is 0 Å². The van der Waals surface area contributed by atoms with Gasteiger partial charge in [-0.3, -0.25) is 0 Å². The number of methoxy groups -OCH3 is 1. The Balaban J connectivity index is 1.72. The number of nitrogens with zero attached hydrogens (tertiary/aromatic N) is 1. The predicted molar refractivity (Wildman–Crippen MR) is 91.6 cm³/mol. The second-order valence-electron chi connectivity index (χ2n) is 7.82. The van der Waals surface area contributed by atoms with Crippen molar-refractivity contribution < 1.29 is 14.2 Å². The molecule has 0 N–H and O–H groups in total. The molecule has 1 saturated carbocycles. The third-order valence-electron chi connectivity index (χ3n) is 6.86. The molecule has 4 nitrogen and oxygen atoms in total. The lowest BCUT2D eigenvalue weighted by Gasteiger charge is -2.58. The lowest BCUT2D eigenvalue weighted by molar-refractivity contribution is -0.0217. The monoisotopic (exact) mass is 327 g/mol. The first-order valence-corrected chi connectivity index (χ1v) is 8.99.